The Labute approximate surface area is 285 Å². The lowest BCUT2D eigenvalue weighted by molar-refractivity contribution is 0.111. The van der Waals surface area contributed by atoms with Crippen molar-refractivity contribution >= 4 is 30.2 Å². The standard InChI is InChI=1S/C45H32N2O2/c46-44-21-17-36(18-22-44)34-13-15-35(16-14-34)37-19-23-45(24-20-37)47-28-31-1-7-38(8-2-31)41-25-42(39-9-3-32(29-48)4-10-39)27-43(26-41)40-11-5-33(30-49)6-12-40/h1-30H,46H2. The van der Waals surface area contributed by atoms with Gasteiger partial charge in [-0.15, -0.1) is 0 Å². The third-order valence-corrected chi connectivity index (χ3v) is 8.63. The number of carbonyl (C=O) groups excluding carboxylic acids is 2. The fourth-order valence-electron chi connectivity index (χ4n) is 5.82. The van der Waals surface area contributed by atoms with Gasteiger partial charge in [0.1, 0.15) is 12.6 Å². The van der Waals surface area contributed by atoms with Gasteiger partial charge in [-0.25, -0.2) is 0 Å². The predicted octanol–water partition coefficient (Wildman–Crippen LogP) is 11.0. The molecule has 0 atom stereocenters. The highest BCUT2D eigenvalue weighted by Gasteiger charge is 2.09. The molecule has 7 rings (SSSR count). The number of aliphatic imine (C=N–C) groups is 1. The maximum absolute atomic E-state index is 11.2. The minimum atomic E-state index is 0.637. The lowest BCUT2D eigenvalue weighted by Crippen LogP contribution is -1.88. The van der Waals surface area contributed by atoms with Crippen molar-refractivity contribution in [2.45, 2.75) is 0 Å². The van der Waals surface area contributed by atoms with Crippen LogP contribution in [0, 0.1) is 0 Å². The van der Waals surface area contributed by atoms with Gasteiger partial charge in [0.15, 0.2) is 0 Å². The fourth-order valence-corrected chi connectivity index (χ4v) is 5.82. The van der Waals surface area contributed by atoms with Crippen molar-refractivity contribution in [2.24, 2.45) is 4.99 Å². The summed E-state index contributed by atoms with van der Waals surface area (Å²) >= 11 is 0. The van der Waals surface area contributed by atoms with Gasteiger partial charge in [-0.1, -0.05) is 121 Å². The first-order chi connectivity index (χ1) is 24.0. The van der Waals surface area contributed by atoms with Crippen molar-refractivity contribution in [3.05, 3.63) is 180 Å². The molecule has 0 heterocycles. The molecule has 0 saturated carbocycles. The van der Waals surface area contributed by atoms with Crippen molar-refractivity contribution < 1.29 is 9.59 Å². The lowest BCUT2D eigenvalue weighted by Gasteiger charge is -2.12. The van der Waals surface area contributed by atoms with Gasteiger partial charge in [0.2, 0.25) is 0 Å². The van der Waals surface area contributed by atoms with E-state index in [2.05, 4.69) is 78.9 Å². The summed E-state index contributed by atoms with van der Waals surface area (Å²) in [6, 6.07) is 54.7. The van der Waals surface area contributed by atoms with Gasteiger partial charge in [-0.3, -0.25) is 14.6 Å². The first-order valence-corrected chi connectivity index (χ1v) is 16.0. The maximum Gasteiger partial charge on any atom is 0.150 e. The summed E-state index contributed by atoms with van der Waals surface area (Å²) in [4.78, 5) is 27.2. The molecule has 4 nitrogen and oxygen atoms in total. The molecular weight excluding hydrogens is 601 g/mol. The lowest BCUT2D eigenvalue weighted by atomic mass is 9.92. The van der Waals surface area contributed by atoms with Gasteiger partial charge in [0.05, 0.1) is 5.69 Å². The summed E-state index contributed by atoms with van der Waals surface area (Å²) in [7, 11) is 0. The molecule has 0 aromatic heterocycles. The Hall–Kier alpha value is -6.65. The molecule has 0 unspecified atom stereocenters. The number of rotatable bonds is 9. The Bertz CT molecular complexity index is 2180. The van der Waals surface area contributed by atoms with Crippen LogP contribution in [0.3, 0.4) is 0 Å². The molecule has 7 aromatic rings. The molecule has 0 aliphatic rings. The quantitative estimate of drug-likeness (QED) is 0.0978. The van der Waals surface area contributed by atoms with Gasteiger partial charge >= 0.3 is 0 Å². The second kappa shape index (κ2) is 14.0. The van der Waals surface area contributed by atoms with Crippen LogP contribution < -0.4 is 5.73 Å². The number of aldehydes is 2. The fraction of sp³-hybridized carbons (Fsp3) is 0. The van der Waals surface area contributed by atoms with E-state index in [0.29, 0.717) is 11.1 Å². The molecule has 0 fully saturated rings. The van der Waals surface area contributed by atoms with E-state index < -0.39 is 0 Å². The Morgan fingerprint density at radius 1 is 0.347 bits per heavy atom. The molecule has 0 aliphatic heterocycles. The van der Waals surface area contributed by atoms with E-state index in [9.17, 15) is 9.59 Å². The normalized spacial score (nSPS) is 11.0. The molecule has 0 radical (unpaired) electrons. The van der Waals surface area contributed by atoms with E-state index in [-0.39, 0.29) is 0 Å². The van der Waals surface area contributed by atoms with Crippen molar-refractivity contribution in [1.82, 2.24) is 0 Å². The van der Waals surface area contributed by atoms with Gasteiger partial charge in [0, 0.05) is 23.0 Å². The van der Waals surface area contributed by atoms with Crippen LogP contribution in [0.2, 0.25) is 0 Å². The van der Waals surface area contributed by atoms with Crippen LogP contribution in [-0.4, -0.2) is 18.8 Å². The molecule has 49 heavy (non-hydrogen) atoms. The van der Waals surface area contributed by atoms with Gasteiger partial charge in [0.25, 0.3) is 0 Å². The zero-order valence-electron chi connectivity index (χ0n) is 26.7. The Morgan fingerprint density at radius 2 is 0.633 bits per heavy atom. The average molecular weight is 633 g/mol. The Balaban J connectivity index is 1.09. The molecule has 0 saturated heterocycles. The summed E-state index contributed by atoms with van der Waals surface area (Å²) < 4.78 is 0. The Kier molecular flexibility index (Phi) is 8.85. The number of carbonyl (C=O) groups is 2. The molecule has 4 heteroatoms. The largest absolute Gasteiger partial charge is 0.399 e. The van der Waals surface area contributed by atoms with Crippen molar-refractivity contribution in [1.29, 1.82) is 0 Å². The van der Waals surface area contributed by atoms with E-state index in [1.807, 2.05) is 91.1 Å². The number of nitrogens with two attached hydrogens (primary N) is 1. The van der Waals surface area contributed by atoms with Crippen LogP contribution in [0.1, 0.15) is 26.3 Å². The molecule has 0 aliphatic carbocycles. The number of hydrogen-bond acceptors (Lipinski definition) is 4. The minimum Gasteiger partial charge on any atom is -0.399 e. The summed E-state index contributed by atoms with van der Waals surface area (Å²) in [5.74, 6) is 0. The summed E-state index contributed by atoms with van der Waals surface area (Å²) in [5.41, 5.74) is 20.6. The van der Waals surface area contributed by atoms with Crippen molar-refractivity contribution in [3.63, 3.8) is 0 Å². The molecule has 7 aromatic carbocycles. The maximum atomic E-state index is 11.2. The summed E-state index contributed by atoms with van der Waals surface area (Å²) in [5, 5.41) is 0. The first-order valence-electron chi connectivity index (χ1n) is 16.0. The minimum absolute atomic E-state index is 0.637. The summed E-state index contributed by atoms with van der Waals surface area (Å²) in [6.45, 7) is 0. The van der Waals surface area contributed by atoms with Crippen LogP contribution in [0.25, 0.3) is 55.6 Å². The number of hydrogen-bond donors (Lipinski definition) is 1. The molecule has 0 spiro atoms. The van der Waals surface area contributed by atoms with Crippen LogP contribution in [0.4, 0.5) is 11.4 Å². The third-order valence-electron chi connectivity index (χ3n) is 8.63. The molecule has 0 bridgehead atoms. The predicted molar refractivity (Wildman–Crippen MR) is 203 cm³/mol. The topological polar surface area (TPSA) is 72.5 Å². The molecule has 0 amide bonds. The highest BCUT2D eigenvalue weighted by atomic mass is 16.1. The molecule has 2 N–H and O–H groups in total. The van der Waals surface area contributed by atoms with Crippen molar-refractivity contribution in [2.75, 3.05) is 5.73 Å². The number of anilines is 1. The number of nitrogens with zero attached hydrogens (tertiary/aromatic N) is 1. The van der Waals surface area contributed by atoms with Crippen LogP contribution >= 0.6 is 0 Å². The highest BCUT2D eigenvalue weighted by Crippen LogP contribution is 2.33. The first kappa shape index (κ1) is 31.0. The van der Waals surface area contributed by atoms with Crippen molar-refractivity contribution in [3.8, 4) is 55.6 Å². The van der Waals surface area contributed by atoms with Crippen LogP contribution in [0.15, 0.2) is 169 Å². The zero-order chi connectivity index (χ0) is 33.6. The van der Waals surface area contributed by atoms with E-state index in [1.165, 1.54) is 0 Å². The van der Waals surface area contributed by atoms with Crippen LogP contribution in [-0.2, 0) is 0 Å². The van der Waals surface area contributed by atoms with Crippen LogP contribution in [0.5, 0.6) is 0 Å². The van der Waals surface area contributed by atoms with Gasteiger partial charge in [-0.05, 0) is 104 Å². The monoisotopic (exact) mass is 632 g/mol. The van der Waals surface area contributed by atoms with E-state index in [4.69, 9.17) is 10.7 Å². The van der Waals surface area contributed by atoms with E-state index >= 15 is 0 Å². The summed E-state index contributed by atoms with van der Waals surface area (Å²) in [6.07, 6.45) is 3.58. The van der Waals surface area contributed by atoms with Gasteiger partial charge in [-0.2, -0.15) is 0 Å². The Morgan fingerprint density at radius 3 is 1.00 bits per heavy atom. The highest BCUT2D eigenvalue weighted by molar-refractivity contribution is 5.86. The number of benzene rings is 7. The van der Waals surface area contributed by atoms with E-state index in [1.54, 1.807) is 0 Å². The average Bonchev–Trinajstić information content (AvgIpc) is 3.18. The second-order valence-corrected chi connectivity index (χ2v) is 11.9. The third kappa shape index (κ3) is 7.19. The molecule has 234 valence electrons. The molecular formula is C45H32N2O2. The smallest absolute Gasteiger partial charge is 0.150 e. The van der Waals surface area contributed by atoms with E-state index in [0.717, 1.165) is 85.1 Å². The van der Waals surface area contributed by atoms with Gasteiger partial charge < -0.3 is 5.73 Å². The SMILES string of the molecule is Nc1ccc(-c2ccc(-c3ccc(N=Cc4ccc(-c5cc(-c6ccc(C=O)cc6)cc(-c6ccc(C=O)cc6)c5)cc4)cc3)cc2)cc1. The zero-order valence-corrected chi connectivity index (χ0v) is 26.7. The second-order valence-electron chi connectivity index (χ2n) is 11.9. The number of nitrogen functional groups attached to an aromatic ring is 1.